The summed E-state index contributed by atoms with van der Waals surface area (Å²) >= 11 is 0. The van der Waals surface area contributed by atoms with Crippen molar-refractivity contribution in [2.75, 3.05) is 5.43 Å². The summed E-state index contributed by atoms with van der Waals surface area (Å²) in [6, 6.07) is 11.6. The van der Waals surface area contributed by atoms with Crippen LogP contribution in [0.4, 0.5) is 5.82 Å². The third-order valence-electron chi connectivity index (χ3n) is 3.86. The Balaban J connectivity index is 1.86. The molecule has 0 aliphatic rings. The number of rotatable bonds is 4. The molecule has 0 aliphatic carbocycles. The average molecular weight is 335 g/mol. The second-order valence-electron chi connectivity index (χ2n) is 5.52. The van der Waals surface area contributed by atoms with E-state index in [0.717, 1.165) is 5.56 Å². The zero-order valence-corrected chi connectivity index (χ0v) is 14.1. The highest BCUT2D eigenvalue weighted by molar-refractivity contribution is 6.00. The Kier molecular flexibility index (Phi) is 4.22. The second kappa shape index (κ2) is 6.49. The first-order valence-electron chi connectivity index (χ1n) is 7.60. The molecule has 126 valence electrons. The zero-order valence-electron chi connectivity index (χ0n) is 14.1. The van der Waals surface area contributed by atoms with E-state index in [1.807, 2.05) is 30.3 Å². The molecular weight excluding hydrogens is 318 g/mol. The standard InChI is InChI=1S/C17H17N7O/c1-11-13(9-18)16(24(3)22-11)20-21-17(25)14-10-19-23(2)15(14)12-7-5-4-6-8-12/h4-8,10,20H,1-3H3,(H,21,25). The summed E-state index contributed by atoms with van der Waals surface area (Å²) < 4.78 is 3.16. The van der Waals surface area contributed by atoms with E-state index in [-0.39, 0.29) is 5.91 Å². The molecule has 0 aliphatic heterocycles. The first kappa shape index (κ1) is 16.3. The normalized spacial score (nSPS) is 10.3. The van der Waals surface area contributed by atoms with E-state index >= 15 is 0 Å². The number of carbonyl (C=O) groups is 1. The molecule has 0 saturated heterocycles. The molecule has 8 heteroatoms. The number of aromatic nitrogens is 4. The Morgan fingerprint density at radius 1 is 1.20 bits per heavy atom. The van der Waals surface area contributed by atoms with Crippen LogP contribution in [0.2, 0.25) is 0 Å². The molecule has 0 saturated carbocycles. The number of hydrogen-bond donors (Lipinski definition) is 2. The summed E-state index contributed by atoms with van der Waals surface area (Å²) in [6.45, 7) is 1.74. The molecule has 0 spiro atoms. The van der Waals surface area contributed by atoms with Crippen LogP contribution < -0.4 is 10.9 Å². The summed E-state index contributed by atoms with van der Waals surface area (Å²) in [7, 11) is 3.48. The highest BCUT2D eigenvalue weighted by atomic mass is 16.2. The number of hydrazine groups is 1. The van der Waals surface area contributed by atoms with E-state index in [1.54, 1.807) is 25.7 Å². The zero-order chi connectivity index (χ0) is 18.0. The molecule has 0 unspecified atom stereocenters. The maximum atomic E-state index is 12.6. The van der Waals surface area contributed by atoms with Crippen LogP contribution in [0.15, 0.2) is 36.5 Å². The van der Waals surface area contributed by atoms with E-state index in [9.17, 15) is 10.1 Å². The van der Waals surface area contributed by atoms with Gasteiger partial charge in [0, 0.05) is 19.7 Å². The van der Waals surface area contributed by atoms with Crippen molar-refractivity contribution in [3.05, 3.63) is 53.3 Å². The number of nitrogens with one attached hydrogen (secondary N) is 2. The van der Waals surface area contributed by atoms with Crippen molar-refractivity contribution in [1.29, 1.82) is 5.26 Å². The van der Waals surface area contributed by atoms with Crippen LogP contribution in [0.25, 0.3) is 11.3 Å². The summed E-state index contributed by atoms with van der Waals surface area (Å²) in [5, 5.41) is 17.6. The van der Waals surface area contributed by atoms with E-state index in [4.69, 9.17) is 0 Å². The van der Waals surface area contributed by atoms with Crippen LogP contribution in [0.5, 0.6) is 0 Å². The van der Waals surface area contributed by atoms with Crippen LogP contribution >= 0.6 is 0 Å². The molecule has 0 fully saturated rings. The molecule has 0 bridgehead atoms. The van der Waals surface area contributed by atoms with E-state index < -0.39 is 0 Å². The Morgan fingerprint density at radius 3 is 2.60 bits per heavy atom. The number of carbonyl (C=O) groups excluding carboxylic acids is 1. The first-order chi connectivity index (χ1) is 12.0. The Hall–Kier alpha value is -3.60. The lowest BCUT2D eigenvalue weighted by atomic mass is 10.1. The molecule has 2 heterocycles. The number of nitriles is 1. The molecule has 1 amide bonds. The molecule has 3 aromatic rings. The van der Waals surface area contributed by atoms with Gasteiger partial charge in [-0.25, -0.2) is 0 Å². The molecule has 0 atom stereocenters. The average Bonchev–Trinajstić information content (AvgIpc) is 3.12. The minimum atomic E-state index is -0.352. The summed E-state index contributed by atoms with van der Waals surface area (Å²) in [5.41, 5.74) is 8.40. The predicted octanol–water partition coefficient (Wildman–Crippen LogP) is 1.76. The van der Waals surface area contributed by atoms with Gasteiger partial charge in [-0.3, -0.25) is 25.0 Å². The predicted molar refractivity (Wildman–Crippen MR) is 92.4 cm³/mol. The van der Waals surface area contributed by atoms with Crippen molar-refractivity contribution in [3.8, 4) is 17.3 Å². The quantitative estimate of drug-likeness (QED) is 0.708. The Bertz CT molecular complexity index is 963. The van der Waals surface area contributed by atoms with Gasteiger partial charge in [0.1, 0.15) is 11.6 Å². The lowest BCUT2D eigenvalue weighted by Gasteiger charge is -2.10. The van der Waals surface area contributed by atoms with E-state index in [1.165, 1.54) is 10.9 Å². The third-order valence-corrected chi connectivity index (χ3v) is 3.86. The van der Waals surface area contributed by atoms with Crippen molar-refractivity contribution in [2.24, 2.45) is 14.1 Å². The lowest BCUT2D eigenvalue weighted by Crippen LogP contribution is -2.31. The van der Waals surface area contributed by atoms with Gasteiger partial charge in [-0.2, -0.15) is 15.5 Å². The summed E-state index contributed by atoms with van der Waals surface area (Å²) in [6.07, 6.45) is 1.51. The SMILES string of the molecule is Cc1nn(C)c(NNC(=O)c2cnn(C)c2-c2ccccc2)c1C#N. The fourth-order valence-corrected chi connectivity index (χ4v) is 2.66. The monoisotopic (exact) mass is 335 g/mol. The fraction of sp³-hybridized carbons (Fsp3) is 0.176. The van der Waals surface area contributed by atoms with Crippen molar-refractivity contribution in [3.63, 3.8) is 0 Å². The fourth-order valence-electron chi connectivity index (χ4n) is 2.66. The number of amides is 1. The first-order valence-corrected chi connectivity index (χ1v) is 7.60. The maximum absolute atomic E-state index is 12.6. The number of benzene rings is 1. The third kappa shape index (κ3) is 2.95. The number of nitrogens with zero attached hydrogens (tertiary/aromatic N) is 5. The van der Waals surface area contributed by atoms with Crippen LogP contribution in [0.3, 0.4) is 0 Å². The smallest absolute Gasteiger partial charge is 0.273 e. The van der Waals surface area contributed by atoms with Crippen molar-refractivity contribution in [2.45, 2.75) is 6.92 Å². The number of anilines is 1. The van der Waals surface area contributed by atoms with Gasteiger partial charge in [0.25, 0.3) is 5.91 Å². The minimum Gasteiger partial charge on any atom is -0.281 e. The summed E-state index contributed by atoms with van der Waals surface area (Å²) in [5.74, 6) is 0.0770. The second-order valence-corrected chi connectivity index (χ2v) is 5.52. The molecule has 2 aromatic heterocycles. The molecule has 2 N–H and O–H groups in total. The van der Waals surface area contributed by atoms with Gasteiger partial charge in [0.15, 0.2) is 5.82 Å². The van der Waals surface area contributed by atoms with Crippen molar-refractivity contribution in [1.82, 2.24) is 25.0 Å². The van der Waals surface area contributed by atoms with E-state index in [0.29, 0.717) is 28.3 Å². The highest BCUT2D eigenvalue weighted by Crippen LogP contribution is 2.23. The number of aryl methyl sites for hydroxylation is 3. The van der Waals surface area contributed by atoms with Gasteiger partial charge in [0.2, 0.25) is 0 Å². The van der Waals surface area contributed by atoms with Crippen LogP contribution in [0.1, 0.15) is 21.6 Å². The Labute approximate surface area is 144 Å². The number of hydrogen-bond acceptors (Lipinski definition) is 5. The van der Waals surface area contributed by atoms with Crippen molar-refractivity contribution >= 4 is 11.7 Å². The van der Waals surface area contributed by atoms with Gasteiger partial charge < -0.3 is 0 Å². The van der Waals surface area contributed by atoms with Crippen LogP contribution in [-0.4, -0.2) is 25.5 Å². The largest absolute Gasteiger partial charge is 0.281 e. The topological polar surface area (TPSA) is 101 Å². The molecule has 0 radical (unpaired) electrons. The van der Waals surface area contributed by atoms with Gasteiger partial charge >= 0.3 is 0 Å². The van der Waals surface area contributed by atoms with Gasteiger partial charge in [0.05, 0.1) is 23.1 Å². The molecule has 8 nitrogen and oxygen atoms in total. The highest BCUT2D eigenvalue weighted by Gasteiger charge is 2.19. The van der Waals surface area contributed by atoms with Crippen LogP contribution in [-0.2, 0) is 14.1 Å². The van der Waals surface area contributed by atoms with E-state index in [2.05, 4.69) is 27.1 Å². The Morgan fingerprint density at radius 2 is 1.92 bits per heavy atom. The summed E-state index contributed by atoms with van der Waals surface area (Å²) in [4.78, 5) is 12.6. The minimum absolute atomic E-state index is 0.352. The van der Waals surface area contributed by atoms with Crippen molar-refractivity contribution < 1.29 is 4.79 Å². The molecular formula is C17H17N7O. The molecule has 3 rings (SSSR count). The molecule has 1 aromatic carbocycles. The lowest BCUT2D eigenvalue weighted by molar-refractivity contribution is 0.0963. The van der Waals surface area contributed by atoms with Gasteiger partial charge in [-0.1, -0.05) is 30.3 Å². The van der Waals surface area contributed by atoms with Crippen LogP contribution in [0, 0.1) is 18.3 Å². The molecule has 25 heavy (non-hydrogen) atoms. The van der Waals surface area contributed by atoms with Gasteiger partial charge in [-0.05, 0) is 6.92 Å². The maximum Gasteiger partial charge on any atom is 0.273 e. The van der Waals surface area contributed by atoms with Gasteiger partial charge in [-0.15, -0.1) is 0 Å².